The van der Waals surface area contributed by atoms with Crippen LogP contribution in [-0.2, 0) is 0 Å². The molecule has 0 aliphatic carbocycles. The second kappa shape index (κ2) is 7.92. The summed E-state index contributed by atoms with van der Waals surface area (Å²) in [6.07, 6.45) is 5.78. The van der Waals surface area contributed by atoms with Crippen molar-refractivity contribution < 1.29 is 0 Å². The normalized spacial score (nSPS) is 19.3. The molecule has 0 aromatic heterocycles. The Morgan fingerprint density at radius 1 is 1.13 bits per heavy atom. The van der Waals surface area contributed by atoms with Gasteiger partial charge in [-0.15, -0.1) is 6.58 Å². The van der Waals surface area contributed by atoms with Crippen LogP contribution in [0.25, 0.3) is 0 Å². The molecule has 4 atom stereocenters. The molecule has 90 valence electrons. The van der Waals surface area contributed by atoms with Crippen LogP contribution in [0, 0.1) is 23.7 Å². The van der Waals surface area contributed by atoms with E-state index in [0.717, 1.165) is 30.7 Å². The largest absolute Gasteiger partial charge is 0.330 e. The van der Waals surface area contributed by atoms with E-state index in [2.05, 4.69) is 40.3 Å². The van der Waals surface area contributed by atoms with Crippen molar-refractivity contribution in [3.8, 4) is 0 Å². The standard InChI is InChI=1S/C14H29N/c1-6-11(4)13(7-2)14(8-3)12(5)9-10-15/h7,11-14H,2,6,8-10,15H2,1,3-5H3. The van der Waals surface area contributed by atoms with Gasteiger partial charge < -0.3 is 5.73 Å². The summed E-state index contributed by atoms with van der Waals surface area (Å²) in [5.41, 5.74) is 5.65. The van der Waals surface area contributed by atoms with Gasteiger partial charge in [0, 0.05) is 0 Å². The fraction of sp³-hybridized carbons (Fsp3) is 0.857. The minimum Gasteiger partial charge on any atom is -0.330 e. The molecule has 0 aromatic carbocycles. The molecule has 0 bridgehead atoms. The monoisotopic (exact) mass is 211 g/mol. The Morgan fingerprint density at radius 2 is 1.73 bits per heavy atom. The van der Waals surface area contributed by atoms with Crippen LogP contribution < -0.4 is 5.73 Å². The molecule has 0 aliphatic rings. The molecule has 0 aromatic rings. The SMILES string of the molecule is C=CC(C(C)CC)C(CC)C(C)CCN. The van der Waals surface area contributed by atoms with Gasteiger partial charge in [0.25, 0.3) is 0 Å². The van der Waals surface area contributed by atoms with Crippen LogP contribution in [0.15, 0.2) is 12.7 Å². The summed E-state index contributed by atoms with van der Waals surface area (Å²) < 4.78 is 0. The summed E-state index contributed by atoms with van der Waals surface area (Å²) in [7, 11) is 0. The highest BCUT2D eigenvalue weighted by Crippen LogP contribution is 2.33. The molecule has 0 saturated heterocycles. The summed E-state index contributed by atoms with van der Waals surface area (Å²) >= 11 is 0. The number of hydrogen-bond acceptors (Lipinski definition) is 1. The van der Waals surface area contributed by atoms with Gasteiger partial charge in [-0.25, -0.2) is 0 Å². The lowest BCUT2D eigenvalue weighted by Gasteiger charge is -2.32. The van der Waals surface area contributed by atoms with E-state index in [1.54, 1.807) is 0 Å². The molecule has 2 N–H and O–H groups in total. The van der Waals surface area contributed by atoms with Crippen LogP contribution in [0.3, 0.4) is 0 Å². The van der Waals surface area contributed by atoms with E-state index >= 15 is 0 Å². The summed E-state index contributed by atoms with van der Waals surface area (Å²) in [6, 6.07) is 0. The van der Waals surface area contributed by atoms with Crippen LogP contribution in [0.4, 0.5) is 0 Å². The number of allylic oxidation sites excluding steroid dienone is 1. The first-order valence-electron chi connectivity index (χ1n) is 6.44. The van der Waals surface area contributed by atoms with Gasteiger partial charge in [-0.3, -0.25) is 0 Å². The third-order valence-corrected chi connectivity index (χ3v) is 3.89. The molecule has 4 unspecified atom stereocenters. The average Bonchev–Trinajstić information content (AvgIpc) is 2.24. The number of hydrogen-bond donors (Lipinski definition) is 1. The zero-order valence-electron chi connectivity index (χ0n) is 11.0. The Labute approximate surface area is 96.1 Å². The lowest BCUT2D eigenvalue weighted by molar-refractivity contribution is 0.203. The lowest BCUT2D eigenvalue weighted by Crippen LogP contribution is -2.26. The van der Waals surface area contributed by atoms with Crippen LogP contribution >= 0.6 is 0 Å². The maximum absolute atomic E-state index is 5.65. The third-order valence-electron chi connectivity index (χ3n) is 3.89. The molecule has 15 heavy (non-hydrogen) atoms. The summed E-state index contributed by atoms with van der Waals surface area (Å²) in [6.45, 7) is 14.0. The molecule has 0 saturated carbocycles. The molecular weight excluding hydrogens is 182 g/mol. The molecule has 0 aliphatic heterocycles. The summed E-state index contributed by atoms with van der Waals surface area (Å²) in [4.78, 5) is 0. The Kier molecular flexibility index (Phi) is 7.76. The fourth-order valence-corrected chi connectivity index (χ4v) is 2.63. The molecule has 0 rings (SSSR count). The van der Waals surface area contributed by atoms with Crippen LogP contribution in [0.5, 0.6) is 0 Å². The second-order valence-electron chi connectivity index (χ2n) is 4.83. The van der Waals surface area contributed by atoms with Gasteiger partial charge >= 0.3 is 0 Å². The van der Waals surface area contributed by atoms with Crippen LogP contribution in [0.2, 0.25) is 0 Å². The minimum atomic E-state index is 0.654. The smallest absolute Gasteiger partial charge is 0.00746 e. The minimum absolute atomic E-state index is 0.654. The first kappa shape index (κ1) is 14.7. The van der Waals surface area contributed by atoms with Gasteiger partial charge in [-0.05, 0) is 36.6 Å². The highest BCUT2D eigenvalue weighted by atomic mass is 14.5. The van der Waals surface area contributed by atoms with Gasteiger partial charge in [-0.2, -0.15) is 0 Å². The van der Waals surface area contributed by atoms with Crippen molar-refractivity contribution >= 4 is 0 Å². The molecule has 1 nitrogen and oxygen atoms in total. The topological polar surface area (TPSA) is 26.0 Å². The van der Waals surface area contributed by atoms with Crippen molar-refractivity contribution in [2.45, 2.75) is 47.0 Å². The maximum atomic E-state index is 5.65. The molecular formula is C14H29N. The van der Waals surface area contributed by atoms with E-state index in [-0.39, 0.29) is 0 Å². The van der Waals surface area contributed by atoms with Gasteiger partial charge in [-0.1, -0.05) is 46.6 Å². The quantitative estimate of drug-likeness (QED) is 0.606. The van der Waals surface area contributed by atoms with Crippen LogP contribution in [0.1, 0.15) is 47.0 Å². The molecule has 1 heteroatoms. The first-order valence-corrected chi connectivity index (χ1v) is 6.44. The Balaban J connectivity index is 4.51. The van der Waals surface area contributed by atoms with E-state index in [1.807, 2.05) is 0 Å². The zero-order valence-corrected chi connectivity index (χ0v) is 11.0. The predicted octanol–water partition coefficient (Wildman–Crippen LogP) is 3.85. The third kappa shape index (κ3) is 4.38. The fourth-order valence-electron chi connectivity index (χ4n) is 2.63. The average molecular weight is 211 g/mol. The lowest BCUT2D eigenvalue weighted by atomic mass is 9.73. The van der Waals surface area contributed by atoms with Crippen molar-refractivity contribution in [3.05, 3.63) is 12.7 Å². The summed E-state index contributed by atoms with van der Waals surface area (Å²) in [5, 5.41) is 0. The Hall–Kier alpha value is -0.300. The summed E-state index contributed by atoms with van der Waals surface area (Å²) in [5.74, 6) is 2.87. The Morgan fingerprint density at radius 3 is 2.07 bits per heavy atom. The second-order valence-corrected chi connectivity index (χ2v) is 4.83. The van der Waals surface area contributed by atoms with Gasteiger partial charge in [0.1, 0.15) is 0 Å². The van der Waals surface area contributed by atoms with E-state index in [4.69, 9.17) is 5.73 Å². The molecule has 0 fully saturated rings. The van der Waals surface area contributed by atoms with Gasteiger partial charge in [0.05, 0.1) is 0 Å². The van der Waals surface area contributed by atoms with Crippen molar-refractivity contribution in [2.75, 3.05) is 6.54 Å². The predicted molar refractivity (Wildman–Crippen MR) is 69.8 cm³/mol. The molecule has 0 radical (unpaired) electrons. The van der Waals surface area contributed by atoms with Crippen LogP contribution in [-0.4, -0.2) is 6.54 Å². The van der Waals surface area contributed by atoms with Crippen molar-refractivity contribution in [3.63, 3.8) is 0 Å². The highest BCUT2D eigenvalue weighted by Gasteiger charge is 2.26. The van der Waals surface area contributed by atoms with E-state index in [0.29, 0.717) is 5.92 Å². The number of rotatable bonds is 8. The highest BCUT2D eigenvalue weighted by molar-refractivity contribution is 4.89. The van der Waals surface area contributed by atoms with Crippen molar-refractivity contribution in [1.29, 1.82) is 0 Å². The molecule has 0 spiro atoms. The van der Waals surface area contributed by atoms with Gasteiger partial charge in [0.2, 0.25) is 0 Å². The van der Waals surface area contributed by atoms with Crippen molar-refractivity contribution in [1.82, 2.24) is 0 Å². The maximum Gasteiger partial charge on any atom is -0.00746 e. The van der Waals surface area contributed by atoms with E-state index < -0.39 is 0 Å². The van der Waals surface area contributed by atoms with E-state index in [1.165, 1.54) is 12.8 Å². The zero-order chi connectivity index (χ0) is 11.8. The first-order chi connectivity index (χ1) is 7.12. The van der Waals surface area contributed by atoms with Crippen molar-refractivity contribution in [2.24, 2.45) is 29.4 Å². The number of nitrogens with two attached hydrogens (primary N) is 1. The molecule has 0 amide bonds. The molecule has 0 heterocycles. The van der Waals surface area contributed by atoms with E-state index in [9.17, 15) is 0 Å². The van der Waals surface area contributed by atoms with Gasteiger partial charge in [0.15, 0.2) is 0 Å². The Bertz CT molecular complexity index is 165.